The number of carbonyl (C=O) groups is 2. The van der Waals surface area contributed by atoms with Gasteiger partial charge < -0.3 is 15.0 Å². The molecule has 36 heavy (non-hydrogen) atoms. The molecule has 1 aliphatic rings. The molecule has 6 nitrogen and oxygen atoms in total. The van der Waals surface area contributed by atoms with Crippen LogP contribution in [-0.4, -0.2) is 43.0 Å². The number of rotatable bonds is 6. The molecular weight excluding hydrogens is 498 g/mol. The number of benzene rings is 2. The van der Waals surface area contributed by atoms with Gasteiger partial charge in [0.1, 0.15) is 10.7 Å². The molecule has 1 N–H and O–H groups in total. The van der Waals surface area contributed by atoms with Gasteiger partial charge in [-0.3, -0.25) is 9.59 Å². The molecule has 1 atom stereocenters. The summed E-state index contributed by atoms with van der Waals surface area (Å²) in [6, 6.07) is 10.0. The molecule has 2 aromatic carbocycles. The molecule has 1 aromatic heterocycles. The second kappa shape index (κ2) is 10.4. The summed E-state index contributed by atoms with van der Waals surface area (Å²) >= 11 is 0.397. The molecule has 0 bridgehead atoms. The number of alkyl halides is 3. The van der Waals surface area contributed by atoms with E-state index in [0.717, 1.165) is 0 Å². The smallest absolute Gasteiger partial charge is 0.378 e. The molecule has 3 aromatic rings. The molecular formula is C25H23F4N3O3S. The van der Waals surface area contributed by atoms with E-state index in [-0.39, 0.29) is 5.56 Å². The monoisotopic (exact) mass is 521 g/mol. The predicted octanol–water partition coefficient (Wildman–Crippen LogP) is 5.17. The van der Waals surface area contributed by atoms with Gasteiger partial charge in [0.15, 0.2) is 10.7 Å². The number of carbonyl (C=O) groups excluding carboxylic acids is 2. The van der Waals surface area contributed by atoms with Crippen molar-refractivity contribution in [1.29, 1.82) is 0 Å². The summed E-state index contributed by atoms with van der Waals surface area (Å²) in [6.07, 6.45) is -4.93. The first kappa shape index (κ1) is 25.8. The van der Waals surface area contributed by atoms with Gasteiger partial charge in [-0.2, -0.15) is 13.2 Å². The highest BCUT2D eigenvalue weighted by atomic mass is 32.1. The Bertz CT molecular complexity index is 1290. The summed E-state index contributed by atoms with van der Waals surface area (Å²) in [5.74, 6) is -2.15. The van der Waals surface area contributed by atoms with Gasteiger partial charge in [0, 0.05) is 18.7 Å². The van der Waals surface area contributed by atoms with Crippen molar-refractivity contribution in [2.24, 2.45) is 0 Å². The summed E-state index contributed by atoms with van der Waals surface area (Å²) < 4.78 is 60.9. The van der Waals surface area contributed by atoms with Gasteiger partial charge in [0.05, 0.1) is 24.9 Å². The zero-order chi connectivity index (χ0) is 26.0. The van der Waals surface area contributed by atoms with E-state index in [2.05, 4.69) is 10.3 Å². The van der Waals surface area contributed by atoms with Crippen molar-refractivity contribution >= 4 is 28.7 Å². The van der Waals surface area contributed by atoms with Gasteiger partial charge in [0.25, 0.3) is 5.91 Å². The van der Waals surface area contributed by atoms with Crippen molar-refractivity contribution in [3.05, 3.63) is 80.6 Å². The molecule has 190 valence electrons. The Kier molecular flexibility index (Phi) is 7.41. The fourth-order valence-corrected chi connectivity index (χ4v) is 4.84. The number of halogens is 4. The van der Waals surface area contributed by atoms with E-state index in [1.54, 1.807) is 38.1 Å². The van der Waals surface area contributed by atoms with Crippen LogP contribution in [0.5, 0.6) is 0 Å². The summed E-state index contributed by atoms with van der Waals surface area (Å²) in [5, 5.41) is 2.11. The topological polar surface area (TPSA) is 71.5 Å². The van der Waals surface area contributed by atoms with Crippen LogP contribution in [0.4, 0.5) is 23.2 Å². The first-order valence-electron chi connectivity index (χ1n) is 11.2. The third kappa shape index (κ3) is 5.41. The molecule has 1 unspecified atom stereocenters. The number of ether oxygens (including phenoxy) is 1. The van der Waals surface area contributed by atoms with Gasteiger partial charge in [-0.05, 0) is 37.1 Å². The van der Waals surface area contributed by atoms with E-state index in [0.29, 0.717) is 54.5 Å². The van der Waals surface area contributed by atoms with Crippen LogP contribution in [0.1, 0.15) is 54.8 Å². The number of nitrogens with zero attached hydrogens (tertiary/aromatic N) is 2. The normalized spacial score (nSPS) is 15.0. The zero-order valence-electron chi connectivity index (χ0n) is 19.5. The Morgan fingerprint density at radius 3 is 2.50 bits per heavy atom. The van der Waals surface area contributed by atoms with Crippen LogP contribution in [0.15, 0.2) is 42.5 Å². The molecule has 0 aliphatic carbocycles. The Labute approximate surface area is 208 Å². The maximum atomic E-state index is 14.4. The lowest BCUT2D eigenvalue weighted by Gasteiger charge is -2.30. The van der Waals surface area contributed by atoms with Crippen LogP contribution in [0, 0.1) is 12.7 Å². The minimum atomic E-state index is -4.93. The molecule has 11 heteroatoms. The molecule has 2 heterocycles. The standard InChI is InChI=1S/C25H23F4N3O3S/c1-14-5-3-4-6-17(14)20(33)24-31-22(25(27,28)29)21(36-24)23(34)30-15(2)16-7-8-18(26)19(13-16)32-9-11-35-12-10-32/h3-8,13,15H,9-12H2,1-2H3,(H,30,34). The van der Waals surface area contributed by atoms with Crippen LogP contribution in [0.25, 0.3) is 0 Å². The van der Waals surface area contributed by atoms with Crippen LogP contribution in [0.2, 0.25) is 0 Å². The maximum Gasteiger partial charge on any atom is 0.435 e. The van der Waals surface area contributed by atoms with Gasteiger partial charge in [-0.25, -0.2) is 9.37 Å². The van der Waals surface area contributed by atoms with Gasteiger partial charge in [-0.15, -0.1) is 11.3 Å². The highest BCUT2D eigenvalue weighted by molar-refractivity contribution is 7.15. The molecule has 1 saturated heterocycles. The third-order valence-electron chi connectivity index (χ3n) is 5.86. The molecule has 1 aliphatic heterocycles. The van der Waals surface area contributed by atoms with Crippen molar-refractivity contribution < 1.29 is 31.9 Å². The molecule has 0 spiro atoms. The maximum absolute atomic E-state index is 14.4. The second-order valence-electron chi connectivity index (χ2n) is 8.34. The first-order valence-corrected chi connectivity index (χ1v) is 12.0. The minimum Gasteiger partial charge on any atom is -0.378 e. The Hall–Kier alpha value is -3.31. The lowest BCUT2D eigenvalue weighted by atomic mass is 10.1. The van der Waals surface area contributed by atoms with E-state index >= 15 is 0 Å². The van der Waals surface area contributed by atoms with Crippen molar-refractivity contribution in [3.63, 3.8) is 0 Å². The predicted molar refractivity (Wildman–Crippen MR) is 127 cm³/mol. The number of ketones is 1. The molecule has 1 amide bonds. The average molecular weight is 522 g/mol. The van der Waals surface area contributed by atoms with Crippen molar-refractivity contribution in [1.82, 2.24) is 10.3 Å². The number of nitrogens with one attached hydrogen (secondary N) is 1. The summed E-state index contributed by atoms with van der Waals surface area (Å²) in [7, 11) is 0. The first-order chi connectivity index (χ1) is 17.1. The number of aromatic nitrogens is 1. The largest absolute Gasteiger partial charge is 0.435 e. The van der Waals surface area contributed by atoms with Crippen LogP contribution < -0.4 is 10.2 Å². The number of hydrogen-bond acceptors (Lipinski definition) is 6. The van der Waals surface area contributed by atoms with E-state index < -0.39 is 45.3 Å². The fourth-order valence-electron chi connectivity index (χ4n) is 3.90. The number of amides is 1. The number of aryl methyl sites for hydroxylation is 1. The summed E-state index contributed by atoms with van der Waals surface area (Å²) in [6.45, 7) is 5.13. The van der Waals surface area contributed by atoms with E-state index in [1.807, 2.05) is 4.90 Å². The van der Waals surface area contributed by atoms with E-state index in [4.69, 9.17) is 4.74 Å². The minimum absolute atomic E-state index is 0.210. The second-order valence-corrected chi connectivity index (χ2v) is 9.34. The lowest BCUT2D eigenvalue weighted by Crippen LogP contribution is -2.37. The number of thiazole rings is 1. The fraction of sp³-hybridized carbons (Fsp3) is 0.320. The SMILES string of the molecule is Cc1ccccc1C(=O)c1nc(C(F)(F)F)c(C(=O)NC(C)c2ccc(F)c(N3CCOCC3)c2)s1. The lowest BCUT2D eigenvalue weighted by molar-refractivity contribution is -0.141. The van der Waals surface area contributed by atoms with Crippen molar-refractivity contribution in [2.75, 3.05) is 31.2 Å². The third-order valence-corrected chi connectivity index (χ3v) is 6.91. The quantitative estimate of drug-likeness (QED) is 0.358. The Morgan fingerprint density at radius 1 is 1.14 bits per heavy atom. The van der Waals surface area contributed by atoms with E-state index in [1.165, 1.54) is 18.2 Å². The number of hydrogen-bond donors (Lipinski definition) is 1. The summed E-state index contributed by atoms with van der Waals surface area (Å²) in [5.41, 5.74) is 0.222. The molecule has 4 rings (SSSR count). The molecule has 1 fully saturated rings. The van der Waals surface area contributed by atoms with E-state index in [9.17, 15) is 27.2 Å². The molecule has 0 radical (unpaired) electrons. The van der Waals surface area contributed by atoms with Crippen molar-refractivity contribution in [2.45, 2.75) is 26.1 Å². The highest BCUT2D eigenvalue weighted by Gasteiger charge is 2.40. The molecule has 0 saturated carbocycles. The van der Waals surface area contributed by atoms with Crippen LogP contribution in [-0.2, 0) is 10.9 Å². The van der Waals surface area contributed by atoms with Gasteiger partial charge >= 0.3 is 6.18 Å². The highest BCUT2D eigenvalue weighted by Crippen LogP contribution is 2.36. The van der Waals surface area contributed by atoms with Gasteiger partial charge in [0.2, 0.25) is 5.78 Å². The van der Waals surface area contributed by atoms with Gasteiger partial charge in [-0.1, -0.05) is 30.3 Å². The Balaban J connectivity index is 1.60. The Morgan fingerprint density at radius 2 is 1.83 bits per heavy atom. The van der Waals surface area contributed by atoms with Crippen LogP contribution in [0.3, 0.4) is 0 Å². The number of anilines is 1. The zero-order valence-corrected chi connectivity index (χ0v) is 20.3. The summed E-state index contributed by atoms with van der Waals surface area (Å²) in [4.78, 5) is 30.4. The number of morpholine rings is 1. The van der Waals surface area contributed by atoms with Crippen molar-refractivity contribution in [3.8, 4) is 0 Å². The van der Waals surface area contributed by atoms with Crippen LogP contribution >= 0.6 is 11.3 Å². The average Bonchev–Trinajstić information content (AvgIpc) is 3.31.